The molecule has 0 bridgehead atoms. The normalized spacial score (nSPS) is 16.0. The molecule has 0 aliphatic carbocycles. The number of carboxylic acids is 1. The minimum atomic E-state index is -1.04. The molecule has 16 heavy (non-hydrogen) atoms. The van der Waals surface area contributed by atoms with Gasteiger partial charge in [0.2, 0.25) is 0 Å². The number of nitrogens with zero attached hydrogens (tertiary/aromatic N) is 1. The van der Waals surface area contributed by atoms with Crippen LogP contribution in [-0.4, -0.2) is 30.2 Å². The van der Waals surface area contributed by atoms with Crippen LogP contribution in [0.5, 0.6) is 0 Å². The van der Waals surface area contributed by atoms with Crippen LogP contribution in [0.2, 0.25) is 0 Å². The largest absolute Gasteiger partial charge is 0.480 e. The zero-order valence-electron chi connectivity index (χ0n) is 8.69. The molecule has 3 N–H and O–H groups in total. The lowest BCUT2D eigenvalue weighted by Gasteiger charge is -2.21. The van der Waals surface area contributed by atoms with Crippen molar-refractivity contribution in [3.63, 3.8) is 0 Å². The quantitative estimate of drug-likeness (QED) is 0.789. The van der Waals surface area contributed by atoms with Crippen molar-refractivity contribution in [2.45, 2.75) is 12.5 Å². The highest BCUT2D eigenvalue weighted by molar-refractivity contribution is 5.74. The van der Waals surface area contributed by atoms with Crippen LogP contribution in [0.15, 0.2) is 18.2 Å². The van der Waals surface area contributed by atoms with Crippen molar-refractivity contribution in [1.29, 1.82) is 0 Å². The van der Waals surface area contributed by atoms with Crippen molar-refractivity contribution in [2.75, 3.05) is 18.0 Å². The molecular formula is C11H13FN2O2. The van der Waals surface area contributed by atoms with E-state index in [2.05, 4.69) is 0 Å². The Balaban J connectivity index is 2.17. The fourth-order valence-electron chi connectivity index (χ4n) is 1.92. The van der Waals surface area contributed by atoms with E-state index in [-0.39, 0.29) is 12.4 Å². The van der Waals surface area contributed by atoms with Crippen LogP contribution >= 0.6 is 0 Å². The average molecular weight is 224 g/mol. The topological polar surface area (TPSA) is 66.6 Å². The first-order valence-electron chi connectivity index (χ1n) is 5.09. The molecule has 1 aliphatic rings. The fraction of sp³-hybridized carbons (Fsp3) is 0.364. The molecule has 1 atom stereocenters. The Morgan fingerprint density at radius 1 is 1.62 bits per heavy atom. The Bertz CT molecular complexity index is 422. The van der Waals surface area contributed by atoms with Crippen molar-refractivity contribution in [3.05, 3.63) is 29.6 Å². The molecule has 2 rings (SSSR count). The maximum atomic E-state index is 13.1. The van der Waals surface area contributed by atoms with Crippen LogP contribution < -0.4 is 10.6 Å². The summed E-state index contributed by atoms with van der Waals surface area (Å²) in [6, 6.07) is 3.64. The summed E-state index contributed by atoms with van der Waals surface area (Å²) in [4.78, 5) is 12.5. The third kappa shape index (κ3) is 1.99. The molecule has 0 amide bonds. The standard InChI is InChI=1S/C11H13FN2O2/c12-8-2-1-7-3-4-14(10(7)5-8)6-9(13)11(15)16/h1-2,5,9H,3-4,6,13H2,(H,15,16). The van der Waals surface area contributed by atoms with Crippen molar-refractivity contribution in [2.24, 2.45) is 5.73 Å². The van der Waals surface area contributed by atoms with Gasteiger partial charge in [-0.3, -0.25) is 4.79 Å². The van der Waals surface area contributed by atoms with Crippen LogP contribution in [0.3, 0.4) is 0 Å². The van der Waals surface area contributed by atoms with Gasteiger partial charge in [0.05, 0.1) is 0 Å². The highest BCUT2D eigenvalue weighted by atomic mass is 19.1. The van der Waals surface area contributed by atoms with Crippen LogP contribution in [0.4, 0.5) is 10.1 Å². The molecule has 0 spiro atoms. The van der Waals surface area contributed by atoms with Gasteiger partial charge in [0, 0.05) is 18.8 Å². The molecule has 5 heteroatoms. The van der Waals surface area contributed by atoms with Gasteiger partial charge in [0.25, 0.3) is 0 Å². The van der Waals surface area contributed by atoms with E-state index in [0.29, 0.717) is 6.54 Å². The minimum Gasteiger partial charge on any atom is -0.480 e. The van der Waals surface area contributed by atoms with E-state index < -0.39 is 12.0 Å². The van der Waals surface area contributed by atoms with Gasteiger partial charge >= 0.3 is 5.97 Å². The molecule has 0 saturated carbocycles. The van der Waals surface area contributed by atoms with E-state index >= 15 is 0 Å². The predicted octanol–water partition coefficient (Wildman–Crippen LogP) is 0.600. The number of carboxylic acid groups (broad SMARTS) is 1. The van der Waals surface area contributed by atoms with Gasteiger partial charge in [-0.2, -0.15) is 0 Å². The SMILES string of the molecule is NC(CN1CCc2ccc(F)cc21)C(=O)O. The number of benzene rings is 1. The third-order valence-corrected chi connectivity index (χ3v) is 2.77. The van der Waals surface area contributed by atoms with E-state index in [1.165, 1.54) is 12.1 Å². The number of rotatable bonds is 3. The fourth-order valence-corrected chi connectivity index (χ4v) is 1.92. The lowest BCUT2D eigenvalue weighted by Crippen LogP contribution is -2.42. The van der Waals surface area contributed by atoms with E-state index in [1.54, 1.807) is 6.07 Å². The van der Waals surface area contributed by atoms with Crippen molar-refractivity contribution >= 4 is 11.7 Å². The molecule has 1 aromatic carbocycles. The van der Waals surface area contributed by atoms with Crippen LogP contribution in [0.25, 0.3) is 0 Å². The maximum absolute atomic E-state index is 13.1. The second kappa shape index (κ2) is 4.09. The van der Waals surface area contributed by atoms with Crippen molar-refractivity contribution < 1.29 is 14.3 Å². The first kappa shape index (κ1) is 10.9. The Labute approximate surface area is 92.5 Å². The lowest BCUT2D eigenvalue weighted by molar-refractivity contribution is -0.138. The van der Waals surface area contributed by atoms with Crippen LogP contribution in [-0.2, 0) is 11.2 Å². The minimum absolute atomic E-state index is 0.214. The highest BCUT2D eigenvalue weighted by Crippen LogP contribution is 2.28. The number of nitrogens with two attached hydrogens (primary N) is 1. The Hall–Kier alpha value is -1.62. The average Bonchev–Trinajstić information content (AvgIpc) is 2.61. The van der Waals surface area contributed by atoms with Gasteiger partial charge in [-0.25, -0.2) is 4.39 Å². The lowest BCUT2D eigenvalue weighted by atomic mass is 10.1. The number of fused-ring (bicyclic) bond motifs is 1. The molecule has 1 aromatic rings. The molecular weight excluding hydrogens is 211 g/mol. The molecule has 0 fully saturated rings. The summed E-state index contributed by atoms with van der Waals surface area (Å²) >= 11 is 0. The van der Waals surface area contributed by atoms with Gasteiger partial charge < -0.3 is 15.7 Å². The molecule has 0 radical (unpaired) electrons. The number of carbonyl (C=O) groups is 1. The third-order valence-electron chi connectivity index (χ3n) is 2.77. The molecule has 1 unspecified atom stereocenters. The molecule has 86 valence electrons. The van der Waals surface area contributed by atoms with Gasteiger partial charge in [0.15, 0.2) is 0 Å². The first-order chi connectivity index (χ1) is 7.58. The van der Waals surface area contributed by atoms with E-state index in [9.17, 15) is 9.18 Å². The number of halogens is 1. The van der Waals surface area contributed by atoms with Gasteiger partial charge in [-0.05, 0) is 24.1 Å². The summed E-state index contributed by atoms with van der Waals surface area (Å²) in [5.74, 6) is -1.35. The van der Waals surface area contributed by atoms with E-state index in [0.717, 1.165) is 17.7 Å². The van der Waals surface area contributed by atoms with E-state index in [1.807, 2.05) is 4.90 Å². The summed E-state index contributed by atoms with van der Waals surface area (Å²) < 4.78 is 13.1. The maximum Gasteiger partial charge on any atom is 0.322 e. The molecule has 0 aromatic heterocycles. The number of anilines is 1. The molecule has 0 saturated heterocycles. The van der Waals surface area contributed by atoms with Crippen molar-refractivity contribution in [1.82, 2.24) is 0 Å². The summed E-state index contributed by atoms with van der Waals surface area (Å²) in [6.45, 7) is 0.908. The second-order valence-electron chi connectivity index (χ2n) is 3.91. The molecule has 1 aliphatic heterocycles. The monoisotopic (exact) mass is 224 g/mol. The number of aliphatic carboxylic acids is 1. The Morgan fingerprint density at radius 2 is 2.38 bits per heavy atom. The van der Waals surface area contributed by atoms with Crippen LogP contribution in [0, 0.1) is 5.82 Å². The molecule has 4 nitrogen and oxygen atoms in total. The summed E-state index contributed by atoms with van der Waals surface area (Å²) in [6.07, 6.45) is 0.807. The zero-order valence-corrected chi connectivity index (χ0v) is 8.69. The van der Waals surface area contributed by atoms with Crippen LogP contribution in [0.1, 0.15) is 5.56 Å². The number of hydrogen-bond donors (Lipinski definition) is 2. The van der Waals surface area contributed by atoms with Crippen molar-refractivity contribution in [3.8, 4) is 0 Å². The summed E-state index contributed by atoms with van der Waals surface area (Å²) in [5, 5.41) is 8.72. The van der Waals surface area contributed by atoms with E-state index in [4.69, 9.17) is 10.8 Å². The van der Waals surface area contributed by atoms with Gasteiger partial charge in [-0.15, -0.1) is 0 Å². The Kier molecular flexibility index (Phi) is 2.78. The second-order valence-corrected chi connectivity index (χ2v) is 3.91. The number of hydrogen-bond acceptors (Lipinski definition) is 3. The Morgan fingerprint density at radius 3 is 3.06 bits per heavy atom. The predicted molar refractivity (Wildman–Crippen MR) is 57.9 cm³/mol. The summed E-state index contributed by atoms with van der Waals surface area (Å²) in [7, 11) is 0. The summed E-state index contributed by atoms with van der Waals surface area (Å²) in [5.41, 5.74) is 7.26. The molecule has 1 heterocycles. The smallest absolute Gasteiger partial charge is 0.322 e. The highest BCUT2D eigenvalue weighted by Gasteiger charge is 2.23. The van der Waals surface area contributed by atoms with Gasteiger partial charge in [-0.1, -0.05) is 6.07 Å². The van der Waals surface area contributed by atoms with Gasteiger partial charge in [0.1, 0.15) is 11.9 Å². The first-order valence-corrected chi connectivity index (χ1v) is 5.09. The zero-order chi connectivity index (χ0) is 11.7.